The van der Waals surface area contributed by atoms with Gasteiger partial charge in [0.15, 0.2) is 0 Å². The van der Waals surface area contributed by atoms with E-state index in [1.807, 2.05) is 13.8 Å². The lowest BCUT2D eigenvalue weighted by atomic mass is 9.81. The first-order valence-corrected chi connectivity index (χ1v) is 12.8. The van der Waals surface area contributed by atoms with Gasteiger partial charge in [0.05, 0.1) is 4.90 Å². The highest BCUT2D eigenvalue weighted by molar-refractivity contribution is 7.89. The topological polar surface area (TPSA) is 104 Å². The van der Waals surface area contributed by atoms with E-state index in [0.29, 0.717) is 31.5 Å². The molecule has 1 aliphatic heterocycles. The molecule has 1 heterocycles. The van der Waals surface area contributed by atoms with Crippen molar-refractivity contribution in [3.8, 4) is 0 Å². The van der Waals surface area contributed by atoms with Gasteiger partial charge in [-0.3, -0.25) is 9.59 Å². The molecule has 0 bridgehead atoms. The third-order valence-electron chi connectivity index (χ3n) is 6.64. The van der Waals surface area contributed by atoms with Crippen LogP contribution < -0.4 is 15.4 Å². The second kappa shape index (κ2) is 9.69. The van der Waals surface area contributed by atoms with Crippen molar-refractivity contribution in [1.29, 1.82) is 0 Å². The highest BCUT2D eigenvalue weighted by Crippen LogP contribution is 2.30. The molecular formula is C23H35N3O4S. The Morgan fingerprint density at radius 3 is 2.55 bits per heavy atom. The molecule has 2 aliphatic rings. The van der Waals surface area contributed by atoms with Crippen molar-refractivity contribution in [3.05, 3.63) is 23.8 Å². The van der Waals surface area contributed by atoms with Gasteiger partial charge in [-0.2, -0.15) is 0 Å². The van der Waals surface area contributed by atoms with Crippen LogP contribution in [0.1, 0.15) is 71.3 Å². The summed E-state index contributed by atoms with van der Waals surface area (Å²) in [5.41, 5.74) is 1.36. The van der Waals surface area contributed by atoms with E-state index in [9.17, 15) is 18.0 Å². The Balaban J connectivity index is 1.53. The second-order valence-corrected chi connectivity index (χ2v) is 11.3. The SMILES string of the molecule is CCC(C)(C)NC(=O)C1CCC(CNS(=O)(=O)c2ccc3c(c2)CCCC(=O)N3)CC1. The van der Waals surface area contributed by atoms with Gasteiger partial charge < -0.3 is 10.6 Å². The molecule has 0 spiro atoms. The number of carbonyl (C=O) groups is 2. The number of sulfonamides is 1. The van der Waals surface area contributed by atoms with Crippen molar-refractivity contribution in [3.63, 3.8) is 0 Å². The Bertz CT molecular complexity index is 919. The molecule has 1 fully saturated rings. The van der Waals surface area contributed by atoms with E-state index >= 15 is 0 Å². The molecule has 172 valence electrons. The van der Waals surface area contributed by atoms with E-state index in [1.165, 1.54) is 0 Å². The average Bonchev–Trinajstić information content (AvgIpc) is 2.92. The van der Waals surface area contributed by atoms with Gasteiger partial charge in [0, 0.05) is 30.1 Å². The number of carbonyl (C=O) groups excluding carboxylic acids is 2. The molecule has 2 amide bonds. The molecule has 3 rings (SSSR count). The summed E-state index contributed by atoms with van der Waals surface area (Å²) in [4.78, 5) is 24.4. The zero-order chi connectivity index (χ0) is 22.6. The highest BCUT2D eigenvalue weighted by Gasteiger charge is 2.30. The lowest BCUT2D eigenvalue weighted by Gasteiger charge is -2.31. The van der Waals surface area contributed by atoms with Crippen LogP contribution in [-0.4, -0.2) is 32.3 Å². The Kier molecular flexibility index (Phi) is 7.42. The number of amides is 2. The van der Waals surface area contributed by atoms with Crippen LogP contribution in [0.25, 0.3) is 0 Å². The van der Waals surface area contributed by atoms with Gasteiger partial charge in [0.1, 0.15) is 0 Å². The van der Waals surface area contributed by atoms with E-state index in [1.54, 1.807) is 18.2 Å². The quantitative estimate of drug-likeness (QED) is 0.594. The predicted octanol–water partition coefficient (Wildman–Crippen LogP) is 3.35. The zero-order valence-electron chi connectivity index (χ0n) is 18.8. The Labute approximate surface area is 185 Å². The molecular weight excluding hydrogens is 414 g/mol. The maximum absolute atomic E-state index is 12.8. The Hall–Kier alpha value is -1.93. The number of hydrogen-bond acceptors (Lipinski definition) is 4. The minimum absolute atomic E-state index is 0.0125. The van der Waals surface area contributed by atoms with Crippen LogP contribution in [0.2, 0.25) is 0 Å². The minimum atomic E-state index is -3.62. The van der Waals surface area contributed by atoms with Crippen LogP contribution in [-0.2, 0) is 26.0 Å². The van der Waals surface area contributed by atoms with E-state index in [-0.39, 0.29) is 34.1 Å². The lowest BCUT2D eigenvalue weighted by molar-refractivity contribution is -0.128. The molecule has 8 heteroatoms. The molecule has 1 aromatic carbocycles. The van der Waals surface area contributed by atoms with Gasteiger partial charge in [-0.25, -0.2) is 13.1 Å². The maximum Gasteiger partial charge on any atom is 0.240 e. The molecule has 1 aliphatic carbocycles. The summed E-state index contributed by atoms with van der Waals surface area (Å²) in [6, 6.07) is 4.89. The fourth-order valence-electron chi connectivity index (χ4n) is 4.18. The van der Waals surface area contributed by atoms with Crippen LogP contribution in [0.5, 0.6) is 0 Å². The van der Waals surface area contributed by atoms with Crippen molar-refractivity contribution in [2.45, 2.75) is 82.6 Å². The number of nitrogens with one attached hydrogen (secondary N) is 3. The molecule has 7 nitrogen and oxygen atoms in total. The van der Waals surface area contributed by atoms with Crippen LogP contribution in [0.15, 0.2) is 23.1 Å². The van der Waals surface area contributed by atoms with Gasteiger partial charge in [0.25, 0.3) is 0 Å². The maximum atomic E-state index is 12.8. The van der Waals surface area contributed by atoms with E-state index < -0.39 is 10.0 Å². The fraction of sp³-hybridized carbons (Fsp3) is 0.652. The standard InChI is InChI=1S/C23H35N3O4S/c1-4-23(2,3)26-22(28)17-10-8-16(9-11-17)15-24-31(29,30)19-12-13-20-18(14-19)6-5-7-21(27)25-20/h12-14,16-17,24H,4-11,15H2,1-3H3,(H,25,27)(H,26,28). The molecule has 1 aromatic rings. The number of rotatable bonds is 7. The number of aryl methyl sites for hydroxylation is 1. The van der Waals surface area contributed by atoms with E-state index in [0.717, 1.165) is 37.7 Å². The second-order valence-electron chi connectivity index (χ2n) is 9.52. The molecule has 3 N–H and O–H groups in total. The van der Waals surface area contributed by atoms with Crippen molar-refractivity contribution in [2.24, 2.45) is 11.8 Å². The summed E-state index contributed by atoms with van der Waals surface area (Å²) >= 11 is 0. The highest BCUT2D eigenvalue weighted by atomic mass is 32.2. The van der Waals surface area contributed by atoms with Crippen LogP contribution in [0.3, 0.4) is 0 Å². The molecule has 0 radical (unpaired) electrons. The largest absolute Gasteiger partial charge is 0.351 e. The molecule has 1 saturated carbocycles. The van der Waals surface area contributed by atoms with Gasteiger partial charge in [-0.1, -0.05) is 6.92 Å². The molecule has 0 aromatic heterocycles. The summed E-state index contributed by atoms with van der Waals surface area (Å²) in [6.45, 7) is 6.50. The average molecular weight is 450 g/mol. The van der Waals surface area contributed by atoms with Crippen molar-refractivity contribution >= 4 is 27.5 Å². The molecule has 31 heavy (non-hydrogen) atoms. The summed E-state index contributed by atoms with van der Waals surface area (Å²) < 4.78 is 28.4. The molecule has 0 atom stereocenters. The zero-order valence-corrected chi connectivity index (χ0v) is 19.6. The van der Waals surface area contributed by atoms with E-state index in [4.69, 9.17) is 0 Å². The number of fused-ring (bicyclic) bond motifs is 1. The first-order chi connectivity index (χ1) is 14.6. The van der Waals surface area contributed by atoms with Gasteiger partial charge in [0.2, 0.25) is 21.8 Å². The lowest BCUT2D eigenvalue weighted by Crippen LogP contribution is -2.46. The van der Waals surface area contributed by atoms with Crippen LogP contribution >= 0.6 is 0 Å². The minimum Gasteiger partial charge on any atom is -0.351 e. The van der Waals surface area contributed by atoms with Crippen LogP contribution in [0.4, 0.5) is 5.69 Å². The summed E-state index contributed by atoms with van der Waals surface area (Å²) in [5, 5.41) is 5.95. The predicted molar refractivity (Wildman–Crippen MR) is 121 cm³/mol. The van der Waals surface area contributed by atoms with Crippen LogP contribution in [0, 0.1) is 11.8 Å². The Morgan fingerprint density at radius 1 is 1.16 bits per heavy atom. The first kappa shape index (κ1) is 23.7. The number of anilines is 1. The number of benzene rings is 1. The van der Waals surface area contributed by atoms with Crippen molar-refractivity contribution in [1.82, 2.24) is 10.0 Å². The Morgan fingerprint density at radius 2 is 1.87 bits per heavy atom. The normalized spacial score (nSPS) is 22.2. The van der Waals surface area contributed by atoms with Crippen molar-refractivity contribution in [2.75, 3.05) is 11.9 Å². The smallest absolute Gasteiger partial charge is 0.240 e. The summed E-state index contributed by atoms with van der Waals surface area (Å²) in [7, 11) is -3.62. The number of hydrogen-bond donors (Lipinski definition) is 3. The van der Waals surface area contributed by atoms with Gasteiger partial charge >= 0.3 is 0 Å². The van der Waals surface area contributed by atoms with Gasteiger partial charge in [-0.05, 0) is 88.5 Å². The first-order valence-electron chi connectivity index (χ1n) is 11.3. The fourth-order valence-corrected chi connectivity index (χ4v) is 5.35. The third kappa shape index (κ3) is 6.29. The third-order valence-corrected chi connectivity index (χ3v) is 8.06. The summed E-state index contributed by atoms with van der Waals surface area (Å²) in [5.74, 6) is 0.328. The van der Waals surface area contributed by atoms with E-state index in [2.05, 4.69) is 22.3 Å². The van der Waals surface area contributed by atoms with Crippen molar-refractivity contribution < 1.29 is 18.0 Å². The summed E-state index contributed by atoms with van der Waals surface area (Å²) in [6.07, 6.45) is 5.97. The molecule has 0 unspecified atom stereocenters. The monoisotopic (exact) mass is 449 g/mol. The molecule has 0 saturated heterocycles. The van der Waals surface area contributed by atoms with Gasteiger partial charge in [-0.15, -0.1) is 0 Å².